The van der Waals surface area contributed by atoms with Crippen molar-refractivity contribution < 1.29 is 46.4 Å². The van der Waals surface area contributed by atoms with Gasteiger partial charge in [-0.15, -0.1) is 0 Å². The Morgan fingerprint density at radius 3 is 0.953 bits per heavy atom. The molecule has 128 heavy (non-hydrogen) atoms. The molecular weight excluding hydrogens is 1640 g/mol. The van der Waals surface area contributed by atoms with Gasteiger partial charge in [0.1, 0.15) is 11.6 Å². The van der Waals surface area contributed by atoms with E-state index in [2.05, 4.69) is 200 Å². The zero-order valence-electron chi connectivity index (χ0n) is 72.8. The molecule has 0 aliphatic heterocycles. The molecule has 654 valence electrons. The number of rotatable bonds is 14. The summed E-state index contributed by atoms with van der Waals surface area (Å²) in [7, 11) is 1.58. The number of aromatic amines is 4. The quantitative estimate of drug-likeness (QED) is 0.0273. The molecule has 0 bridgehead atoms. The van der Waals surface area contributed by atoms with Gasteiger partial charge in [0.05, 0.1) is 53.8 Å². The van der Waals surface area contributed by atoms with Gasteiger partial charge in [-0.3, -0.25) is 30.5 Å². The monoisotopic (exact) mass is 1730 g/mol. The lowest BCUT2D eigenvalue weighted by Crippen LogP contribution is -2.20. The molecule has 8 amide bonds. The Kier molecular flexibility index (Phi) is 26.3. The van der Waals surface area contributed by atoms with Crippen LogP contribution >= 0.6 is 0 Å². The number of nitrogens with one attached hydrogen (secondary N) is 12. The van der Waals surface area contributed by atoms with E-state index in [1.54, 1.807) is 74.4 Å². The van der Waals surface area contributed by atoms with Crippen LogP contribution in [0.5, 0.6) is 5.75 Å². The van der Waals surface area contributed by atoms with Crippen LogP contribution in [0.1, 0.15) is 123 Å². The molecule has 16 aromatic rings. The largest absolute Gasteiger partial charge is 0.495 e. The predicted molar refractivity (Wildman–Crippen MR) is 496 cm³/mol. The second-order valence-corrected chi connectivity index (χ2v) is 34.4. The van der Waals surface area contributed by atoms with E-state index >= 15 is 0 Å². The van der Waals surface area contributed by atoms with E-state index in [1.807, 2.05) is 111 Å². The van der Waals surface area contributed by atoms with Gasteiger partial charge < -0.3 is 47.3 Å². The maximum atomic E-state index is 13.9. The number of methoxy groups -OCH3 is 1. The normalized spacial score (nSPS) is 11.6. The van der Waals surface area contributed by atoms with E-state index in [1.165, 1.54) is 36.4 Å². The minimum atomic E-state index is -4.42. The number of nitrogens with zero attached hydrogens (tertiary/aromatic N) is 9. The third-order valence-corrected chi connectivity index (χ3v) is 20.3. The number of H-pyrrole nitrogens is 4. The van der Waals surface area contributed by atoms with Gasteiger partial charge in [0, 0.05) is 112 Å². The summed E-state index contributed by atoms with van der Waals surface area (Å²) >= 11 is 0. The topological polar surface area (TPSA) is 383 Å². The Balaban J connectivity index is 0.000000146. The number of aryl methyl sites for hydroxylation is 2. The second-order valence-electron chi connectivity index (χ2n) is 34.4. The molecule has 32 heteroatoms. The smallest absolute Gasteiger partial charge is 0.416 e. The van der Waals surface area contributed by atoms with Crippen LogP contribution in [0.4, 0.5) is 87.9 Å². The number of halogens is 4. The summed E-state index contributed by atoms with van der Waals surface area (Å²) in [4.78, 5) is 78.5. The van der Waals surface area contributed by atoms with Gasteiger partial charge in [-0.25, -0.2) is 43.5 Å². The molecule has 0 unspecified atom stereocenters. The Labute approximate surface area is 734 Å². The number of non-ortho nitro benzene ring substituents is 1. The van der Waals surface area contributed by atoms with Gasteiger partial charge in [0.25, 0.3) is 5.69 Å². The van der Waals surface area contributed by atoms with Crippen molar-refractivity contribution in [1.82, 2.24) is 60.7 Å². The third kappa shape index (κ3) is 22.4. The van der Waals surface area contributed by atoms with Gasteiger partial charge in [-0.2, -0.15) is 33.6 Å². The first kappa shape index (κ1) is 90.0. The maximum absolute atomic E-state index is 13.9. The van der Waals surface area contributed by atoms with Crippen LogP contribution in [0, 0.1) is 29.8 Å². The van der Waals surface area contributed by atoms with Crippen LogP contribution in [0.2, 0.25) is 0 Å². The Hall–Kier alpha value is -15.8. The average molecular weight is 1730 g/mol. The van der Waals surface area contributed by atoms with Crippen molar-refractivity contribution in [1.29, 1.82) is 0 Å². The van der Waals surface area contributed by atoms with Crippen molar-refractivity contribution >= 4 is 119 Å². The molecule has 8 aromatic carbocycles. The molecule has 0 saturated heterocycles. The molecule has 0 atom stereocenters. The second kappa shape index (κ2) is 37.4. The van der Waals surface area contributed by atoms with Crippen LogP contribution < -0.4 is 47.3 Å². The lowest BCUT2D eigenvalue weighted by molar-refractivity contribution is -0.384. The number of ether oxygens (including phenoxy) is 1. The lowest BCUT2D eigenvalue weighted by atomic mass is 9.89. The zero-order valence-corrected chi connectivity index (χ0v) is 72.8. The fourth-order valence-corrected chi connectivity index (χ4v) is 13.4. The summed E-state index contributed by atoms with van der Waals surface area (Å²) in [6, 6.07) is 56.5. The fourth-order valence-electron chi connectivity index (χ4n) is 13.4. The first-order chi connectivity index (χ1) is 60.6. The van der Waals surface area contributed by atoms with Crippen LogP contribution in [0.3, 0.4) is 0 Å². The molecule has 16 rings (SSSR count). The SMILES string of the molecule is CC(C)(C)c1cc(-c2ccc(NC(=O)Nc3ccc(C(F)(F)F)cc3)cc2)c2cn[nH]c2n1.CC(C)(C)c1cc(-c2ccc(NC(=O)Nc3cccc([N+](=O)[O-])c3)cc2)c2cn[nH]c2n1.COc1ccc(C)cc1NC(=O)Nc1ccc(-c2cc(C(C)(C)C)nc3[nH]ncc23)cc1.Cc1ccc(F)c(NC(=O)Nc2ccc(-c3cc(C(C)(C)C)nc4[nH]ncc34)cc2)c1. The van der Waals surface area contributed by atoms with Gasteiger partial charge in [-0.1, -0.05) is 150 Å². The highest BCUT2D eigenvalue weighted by Crippen LogP contribution is 2.39. The number of nitro groups is 1. The van der Waals surface area contributed by atoms with Gasteiger partial charge in [0.2, 0.25) is 0 Å². The van der Waals surface area contributed by atoms with E-state index in [-0.39, 0.29) is 44.8 Å². The van der Waals surface area contributed by atoms with E-state index in [0.717, 1.165) is 129 Å². The van der Waals surface area contributed by atoms with E-state index in [0.29, 0.717) is 45.5 Å². The Morgan fingerprint density at radius 1 is 0.359 bits per heavy atom. The summed E-state index contributed by atoms with van der Waals surface area (Å²) in [5.41, 5.74) is 19.0. The number of carbonyl (C=O) groups is 4. The van der Waals surface area contributed by atoms with Crippen LogP contribution in [0.15, 0.2) is 231 Å². The molecule has 28 nitrogen and oxygen atoms in total. The molecular formula is C96H95F4N21O7. The summed E-state index contributed by atoms with van der Waals surface area (Å²) < 4.78 is 57.2. The van der Waals surface area contributed by atoms with Crippen molar-refractivity contribution in [2.75, 3.05) is 49.6 Å². The Bertz CT molecular complexity index is 6740. The van der Waals surface area contributed by atoms with E-state index < -0.39 is 40.6 Å². The van der Waals surface area contributed by atoms with Gasteiger partial charge in [-0.05, 0) is 197 Å². The summed E-state index contributed by atoms with van der Waals surface area (Å²) in [5.74, 6) is 0.130. The predicted octanol–water partition coefficient (Wildman–Crippen LogP) is 24.0. The number of urea groups is 4. The number of amides is 8. The number of nitro benzene ring substituents is 1. The number of alkyl halides is 3. The number of anilines is 8. The summed E-state index contributed by atoms with van der Waals surface area (Å²) in [6.07, 6.45) is 2.61. The van der Waals surface area contributed by atoms with Crippen molar-refractivity contribution in [2.24, 2.45) is 0 Å². The molecule has 0 saturated carbocycles. The first-order valence-electron chi connectivity index (χ1n) is 40.6. The molecule has 12 N–H and O–H groups in total. The van der Waals surface area contributed by atoms with Crippen LogP contribution in [0.25, 0.3) is 88.6 Å². The molecule has 0 radical (unpaired) electrons. The van der Waals surface area contributed by atoms with Crippen molar-refractivity contribution in [3.63, 3.8) is 0 Å². The number of hydrogen-bond acceptors (Lipinski definition) is 15. The van der Waals surface area contributed by atoms with E-state index in [9.17, 15) is 46.9 Å². The summed E-state index contributed by atoms with van der Waals surface area (Å²) in [5, 5.41) is 64.5. The molecule has 0 aliphatic carbocycles. The molecule has 0 fully saturated rings. The fraction of sp³-hybridized carbons (Fsp3) is 0.208. The van der Waals surface area contributed by atoms with Gasteiger partial charge in [0.15, 0.2) is 22.6 Å². The maximum Gasteiger partial charge on any atom is 0.416 e. The average Bonchev–Trinajstić information content (AvgIpc) is 1.54. The van der Waals surface area contributed by atoms with Crippen molar-refractivity contribution in [3.05, 3.63) is 286 Å². The number of aromatic nitrogens is 12. The zero-order chi connectivity index (χ0) is 91.7. The Morgan fingerprint density at radius 2 is 0.648 bits per heavy atom. The molecule has 0 aliphatic rings. The van der Waals surface area contributed by atoms with Crippen LogP contribution in [-0.2, 0) is 27.8 Å². The standard InChI is InChI=1S/C25H27N5O2.C24H22F3N5O.C24H24FN5O.C23H22N6O3/c1-15-6-11-21(32-5)20(12-15)28-24(31)27-17-9-7-16(8-10-17)18-13-22(25(2,3)4)29-23-19(18)14-26-30-23;1-23(2,3)20-12-18(19-13-28-32-21(19)31-20)14-4-8-16(9-5-14)29-22(33)30-17-10-6-15(7-11-17)24(25,26)27;1-14-5-10-19(25)20(11-14)28-23(31)27-16-8-6-15(7-9-16)17-12-21(24(2,3)4)29-22-18(17)13-26-30-22;1-23(2,3)20-12-18(19-13-24-28-21(19)27-20)14-7-9-15(10-8-14)25-22(30)26-16-5-4-6-17(11-16)29(31)32/h6-14H,1-5H3,(H,26,29,30)(H2,27,28,31);4-13H,1-3H3,(H,28,31,32)(H2,29,30,33);5-13H,1-4H3,(H,26,29,30)(H2,27,28,31);4-13H,1-3H3,(H,24,27,28)(H2,25,26,30). The molecule has 8 heterocycles. The highest BCUT2D eigenvalue weighted by Gasteiger charge is 2.31. The summed E-state index contributed by atoms with van der Waals surface area (Å²) in [6.45, 7) is 29.1. The molecule has 8 aromatic heterocycles. The number of pyridine rings is 4. The molecule has 0 spiro atoms. The third-order valence-electron chi connectivity index (χ3n) is 20.3. The lowest BCUT2D eigenvalue weighted by Gasteiger charge is -2.19. The van der Waals surface area contributed by atoms with E-state index in [4.69, 9.17) is 9.72 Å². The highest BCUT2D eigenvalue weighted by molar-refractivity contribution is 6.04. The number of hydrogen-bond donors (Lipinski definition) is 12. The minimum absolute atomic E-state index is 0.0928. The van der Waals surface area contributed by atoms with Crippen molar-refractivity contribution in [2.45, 2.75) is 125 Å². The van der Waals surface area contributed by atoms with Crippen LogP contribution in [-0.4, -0.2) is 96.9 Å². The number of benzene rings is 8. The number of carbonyl (C=O) groups excluding carboxylic acids is 4. The number of fused-ring (bicyclic) bond motifs is 4. The van der Waals surface area contributed by atoms with Crippen molar-refractivity contribution in [3.8, 4) is 50.3 Å². The highest BCUT2D eigenvalue weighted by atomic mass is 19.4. The van der Waals surface area contributed by atoms with Gasteiger partial charge >= 0.3 is 30.3 Å². The minimum Gasteiger partial charge on any atom is -0.495 e. The first-order valence-corrected chi connectivity index (χ1v) is 40.6.